The van der Waals surface area contributed by atoms with Crippen molar-refractivity contribution >= 4 is 39.1 Å². The van der Waals surface area contributed by atoms with Gasteiger partial charge in [0.2, 0.25) is 0 Å². The predicted octanol–water partition coefficient (Wildman–Crippen LogP) is 2.82. The Morgan fingerprint density at radius 3 is 2.71 bits per heavy atom. The molecule has 9 heteroatoms. The van der Waals surface area contributed by atoms with Gasteiger partial charge in [-0.3, -0.25) is 24.6 Å². The first-order chi connectivity index (χ1) is 11.5. The van der Waals surface area contributed by atoms with Crippen molar-refractivity contribution in [3.8, 4) is 0 Å². The third-order valence-electron chi connectivity index (χ3n) is 3.34. The van der Waals surface area contributed by atoms with E-state index < -0.39 is 16.7 Å². The maximum absolute atomic E-state index is 12.3. The van der Waals surface area contributed by atoms with E-state index in [9.17, 15) is 19.7 Å². The highest BCUT2D eigenvalue weighted by Gasteiger charge is 2.32. The van der Waals surface area contributed by atoms with E-state index in [-0.39, 0.29) is 17.9 Å². The lowest BCUT2D eigenvalue weighted by Crippen LogP contribution is -2.31. The molecular formula is C15H10BrN3O5. The number of nitro benzene ring substituents is 1. The molecule has 2 amide bonds. The molecule has 0 spiro atoms. The Labute approximate surface area is 144 Å². The van der Waals surface area contributed by atoms with Crippen molar-refractivity contribution in [2.24, 2.45) is 0 Å². The van der Waals surface area contributed by atoms with Crippen LogP contribution < -0.4 is 5.32 Å². The molecule has 0 atom stereocenters. The zero-order chi connectivity index (χ0) is 17.3. The van der Waals surface area contributed by atoms with Gasteiger partial charge in [-0.2, -0.15) is 0 Å². The molecule has 8 nitrogen and oxygen atoms in total. The Hall–Kier alpha value is -2.94. The van der Waals surface area contributed by atoms with E-state index in [1.165, 1.54) is 30.5 Å². The number of nitrogens with one attached hydrogen (secondary N) is 1. The van der Waals surface area contributed by atoms with Crippen molar-refractivity contribution in [2.75, 3.05) is 5.32 Å². The molecule has 0 fully saturated rings. The number of halogens is 1. The van der Waals surface area contributed by atoms with E-state index in [1.807, 2.05) is 0 Å². The molecule has 0 bridgehead atoms. The first kappa shape index (κ1) is 15.9. The number of hydrogen-bond donors (Lipinski definition) is 1. The van der Waals surface area contributed by atoms with Gasteiger partial charge in [0.05, 0.1) is 23.4 Å². The maximum Gasteiger partial charge on any atom is 0.277 e. The number of rotatable bonds is 5. The number of carbonyl (C=O) groups excluding carboxylic acids is 2. The number of anilines is 1. The van der Waals surface area contributed by atoms with Crippen LogP contribution in [0.2, 0.25) is 0 Å². The van der Waals surface area contributed by atoms with E-state index >= 15 is 0 Å². The van der Waals surface area contributed by atoms with Crippen LogP contribution in [0.25, 0.3) is 0 Å². The van der Waals surface area contributed by atoms with Crippen LogP contribution in [0, 0.1) is 10.1 Å². The molecule has 24 heavy (non-hydrogen) atoms. The molecule has 1 aromatic heterocycles. The lowest BCUT2D eigenvalue weighted by Gasteiger charge is -2.14. The molecule has 1 aliphatic heterocycles. The average molecular weight is 392 g/mol. The summed E-state index contributed by atoms with van der Waals surface area (Å²) in [6, 6.07) is 7.40. The summed E-state index contributed by atoms with van der Waals surface area (Å²) in [6.07, 6.45) is 2.64. The number of hydrogen-bond acceptors (Lipinski definition) is 6. The van der Waals surface area contributed by atoms with Crippen molar-refractivity contribution in [3.05, 3.63) is 68.7 Å². The van der Waals surface area contributed by atoms with E-state index in [1.54, 1.807) is 12.1 Å². The lowest BCUT2D eigenvalue weighted by atomic mass is 10.2. The topological polar surface area (TPSA) is 106 Å². The first-order valence-electron chi connectivity index (χ1n) is 6.76. The average Bonchev–Trinajstić information content (AvgIpc) is 3.13. The summed E-state index contributed by atoms with van der Waals surface area (Å²) in [7, 11) is 0. The summed E-state index contributed by atoms with van der Waals surface area (Å²) in [4.78, 5) is 35.6. The molecule has 0 saturated carbocycles. The smallest absolute Gasteiger partial charge is 0.277 e. The summed E-state index contributed by atoms with van der Waals surface area (Å²) in [6.45, 7) is 0.0355. The van der Waals surface area contributed by atoms with Gasteiger partial charge in [-0.05, 0) is 34.1 Å². The van der Waals surface area contributed by atoms with Crippen molar-refractivity contribution in [1.82, 2.24) is 4.90 Å². The molecule has 1 aliphatic rings. The van der Waals surface area contributed by atoms with Gasteiger partial charge < -0.3 is 9.73 Å². The van der Waals surface area contributed by atoms with Gasteiger partial charge in [0.15, 0.2) is 0 Å². The lowest BCUT2D eigenvalue weighted by molar-refractivity contribution is -0.384. The molecule has 0 radical (unpaired) electrons. The van der Waals surface area contributed by atoms with Crippen LogP contribution in [0.3, 0.4) is 0 Å². The second-order valence-corrected chi connectivity index (χ2v) is 5.77. The number of imide groups is 1. The van der Waals surface area contributed by atoms with Gasteiger partial charge in [0.25, 0.3) is 17.5 Å². The molecule has 3 rings (SSSR count). The van der Waals surface area contributed by atoms with Crippen LogP contribution in [0.4, 0.5) is 11.4 Å². The van der Waals surface area contributed by atoms with Crippen LogP contribution in [0.15, 0.2) is 57.3 Å². The molecule has 0 unspecified atom stereocenters. The van der Waals surface area contributed by atoms with E-state index in [0.717, 1.165) is 4.90 Å². The van der Waals surface area contributed by atoms with Crippen LogP contribution in [-0.4, -0.2) is 21.6 Å². The zero-order valence-corrected chi connectivity index (χ0v) is 13.6. The van der Waals surface area contributed by atoms with Gasteiger partial charge in [-0.25, -0.2) is 0 Å². The first-order valence-corrected chi connectivity index (χ1v) is 7.56. The zero-order valence-electron chi connectivity index (χ0n) is 12.1. The van der Waals surface area contributed by atoms with Crippen LogP contribution in [-0.2, 0) is 16.1 Å². The highest BCUT2D eigenvalue weighted by atomic mass is 79.9. The SMILES string of the molecule is O=C1C=C(Nc2ccc([N+](=O)[O-])cc2Br)C(=O)N1Cc1ccco1. The predicted molar refractivity (Wildman–Crippen MR) is 86.8 cm³/mol. The van der Waals surface area contributed by atoms with Gasteiger partial charge >= 0.3 is 0 Å². The number of nitro groups is 1. The third-order valence-corrected chi connectivity index (χ3v) is 3.99. The molecular weight excluding hydrogens is 382 g/mol. The van der Waals surface area contributed by atoms with Crippen molar-refractivity contribution in [2.45, 2.75) is 6.54 Å². The second-order valence-electron chi connectivity index (χ2n) is 4.91. The van der Waals surface area contributed by atoms with Crippen molar-refractivity contribution < 1.29 is 18.9 Å². The normalized spacial score (nSPS) is 14.0. The Balaban J connectivity index is 1.76. The largest absolute Gasteiger partial charge is 0.467 e. The number of amides is 2. The second kappa shape index (κ2) is 6.28. The summed E-state index contributed by atoms with van der Waals surface area (Å²) < 4.78 is 5.54. The summed E-state index contributed by atoms with van der Waals surface area (Å²) >= 11 is 3.20. The standard InChI is InChI=1S/C15H10BrN3O5/c16-11-6-9(19(22)23)3-4-12(11)17-13-7-14(20)18(15(13)21)8-10-2-1-5-24-10/h1-7,17H,8H2. The van der Waals surface area contributed by atoms with Gasteiger partial charge in [-0.1, -0.05) is 0 Å². The van der Waals surface area contributed by atoms with Gasteiger partial charge in [0.1, 0.15) is 11.5 Å². The molecule has 2 heterocycles. The monoisotopic (exact) mass is 391 g/mol. The minimum Gasteiger partial charge on any atom is -0.467 e. The Morgan fingerprint density at radius 2 is 2.08 bits per heavy atom. The van der Waals surface area contributed by atoms with Gasteiger partial charge in [-0.15, -0.1) is 0 Å². The van der Waals surface area contributed by atoms with Crippen molar-refractivity contribution in [3.63, 3.8) is 0 Å². The Bertz CT molecular complexity index is 860. The Kier molecular flexibility index (Phi) is 4.17. The number of nitrogens with zero attached hydrogens (tertiary/aromatic N) is 2. The third kappa shape index (κ3) is 3.06. The van der Waals surface area contributed by atoms with E-state index in [0.29, 0.717) is 15.9 Å². The summed E-state index contributed by atoms with van der Waals surface area (Å²) in [5.74, 6) is -0.471. The molecule has 0 aliphatic carbocycles. The molecule has 2 aromatic rings. The summed E-state index contributed by atoms with van der Waals surface area (Å²) in [5.41, 5.74) is 0.434. The fourth-order valence-electron chi connectivity index (χ4n) is 2.17. The molecule has 122 valence electrons. The number of non-ortho nitro benzene ring substituents is 1. The minimum atomic E-state index is -0.525. The number of furan rings is 1. The van der Waals surface area contributed by atoms with Crippen molar-refractivity contribution in [1.29, 1.82) is 0 Å². The fourth-order valence-corrected chi connectivity index (χ4v) is 2.64. The number of benzene rings is 1. The number of carbonyl (C=O) groups is 2. The molecule has 0 saturated heterocycles. The highest BCUT2D eigenvalue weighted by molar-refractivity contribution is 9.10. The van der Waals surface area contributed by atoms with Crippen LogP contribution in [0.1, 0.15) is 5.76 Å². The van der Waals surface area contributed by atoms with E-state index in [2.05, 4.69) is 21.2 Å². The Morgan fingerprint density at radius 1 is 1.29 bits per heavy atom. The van der Waals surface area contributed by atoms with Gasteiger partial charge in [0, 0.05) is 22.7 Å². The molecule has 1 aromatic carbocycles. The van der Waals surface area contributed by atoms with E-state index in [4.69, 9.17) is 4.42 Å². The minimum absolute atomic E-state index is 0.0355. The maximum atomic E-state index is 12.3. The molecule has 1 N–H and O–H groups in total. The fraction of sp³-hybridized carbons (Fsp3) is 0.0667. The highest BCUT2D eigenvalue weighted by Crippen LogP contribution is 2.29. The summed E-state index contributed by atoms with van der Waals surface area (Å²) in [5, 5.41) is 13.6. The van der Waals surface area contributed by atoms with Crippen LogP contribution >= 0.6 is 15.9 Å². The quantitative estimate of drug-likeness (QED) is 0.477. The van der Waals surface area contributed by atoms with Crippen LogP contribution in [0.5, 0.6) is 0 Å².